The van der Waals surface area contributed by atoms with Gasteiger partial charge < -0.3 is 5.32 Å². The van der Waals surface area contributed by atoms with Crippen LogP contribution in [0.25, 0.3) is 5.13 Å². The van der Waals surface area contributed by atoms with Gasteiger partial charge in [-0.25, -0.2) is 9.67 Å². The second kappa shape index (κ2) is 7.41. The highest BCUT2D eigenvalue weighted by Crippen LogP contribution is 2.24. The Morgan fingerprint density at radius 3 is 2.54 bits per heavy atom. The van der Waals surface area contributed by atoms with Crippen molar-refractivity contribution < 1.29 is 4.79 Å². The van der Waals surface area contributed by atoms with Gasteiger partial charge in [-0.3, -0.25) is 4.79 Å². The lowest BCUT2D eigenvalue weighted by atomic mass is 10.1. The van der Waals surface area contributed by atoms with E-state index in [-0.39, 0.29) is 5.91 Å². The maximum atomic E-state index is 12.6. The minimum Gasteiger partial charge on any atom is -0.326 e. The van der Waals surface area contributed by atoms with Gasteiger partial charge >= 0.3 is 0 Å². The average Bonchev–Trinajstić information content (AvgIpc) is 3.09. The van der Waals surface area contributed by atoms with Crippen molar-refractivity contribution in [1.82, 2.24) is 14.8 Å². The summed E-state index contributed by atoms with van der Waals surface area (Å²) in [6.07, 6.45) is 1.19. The molecule has 136 valence electrons. The van der Waals surface area contributed by atoms with Gasteiger partial charge in [-0.1, -0.05) is 36.5 Å². The number of aryl methyl sites for hydroxylation is 4. The number of anilines is 1. The van der Waals surface area contributed by atoms with Gasteiger partial charge in [0, 0.05) is 21.8 Å². The molecule has 3 aromatic rings. The first-order chi connectivity index (χ1) is 12.4. The Bertz CT molecular complexity index is 935. The molecule has 0 radical (unpaired) electrons. The van der Waals surface area contributed by atoms with Gasteiger partial charge in [0.2, 0.25) is 11.0 Å². The number of aromatic nitrogens is 3. The van der Waals surface area contributed by atoms with Crippen LogP contribution in [-0.4, -0.2) is 20.7 Å². The van der Waals surface area contributed by atoms with Crippen molar-refractivity contribution in [1.29, 1.82) is 0 Å². The number of carbonyl (C=O) groups excluding carboxylic acids is 1. The van der Waals surface area contributed by atoms with Crippen LogP contribution < -0.4 is 5.32 Å². The number of benzene rings is 1. The Morgan fingerprint density at radius 2 is 1.88 bits per heavy atom. The molecule has 0 atom stereocenters. The van der Waals surface area contributed by atoms with Crippen LogP contribution in [0.2, 0.25) is 0 Å². The van der Waals surface area contributed by atoms with Crippen LogP contribution >= 0.6 is 11.3 Å². The fraction of sp³-hybridized carbons (Fsp3) is 0.350. The second-order valence-corrected chi connectivity index (χ2v) is 7.62. The smallest absolute Gasteiger partial charge is 0.228 e. The Labute approximate surface area is 158 Å². The molecule has 1 N–H and O–H groups in total. The number of nitrogens with zero attached hydrogens (tertiary/aromatic N) is 3. The molecular weight excluding hydrogens is 344 g/mol. The van der Waals surface area contributed by atoms with Crippen molar-refractivity contribution in [3.05, 3.63) is 57.4 Å². The fourth-order valence-corrected chi connectivity index (χ4v) is 3.88. The lowest BCUT2D eigenvalue weighted by Crippen LogP contribution is -2.16. The number of nitrogens with one attached hydrogen (secondary N) is 1. The van der Waals surface area contributed by atoms with Crippen LogP contribution in [0.15, 0.2) is 24.3 Å². The molecule has 0 spiro atoms. The molecule has 0 saturated heterocycles. The number of hydrogen-bond donors (Lipinski definition) is 1. The zero-order valence-corrected chi connectivity index (χ0v) is 16.7. The predicted octanol–water partition coefficient (Wildman–Crippen LogP) is 4.31. The van der Waals surface area contributed by atoms with Gasteiger partial charge in [0.25, 0.3) is 0 Å². The number of amides is 1. The third kappa shape index (κ3) is 3.55. The largest absolute Gasteiger partial charge is 0.326 e. The molecule has 2 heterocycles. The van der Waals surface area contributed by atoms with Gasteiger partial charge in [-0.2, -0.15) is 5.10 Å². The van der Waals surface area contributed by atoms with E-state index in [1.807, 2.05) is 49.7 Å². The summed E-state index contributed by atoms with van der Waals surface area (Å²) in [6, 6.07) is 7.92. The van der Waals surface area contributed by atoms with Gasteiger partial charge in [0.05, 0.1) is 17.8 Å². The Kier molecular flexibility index (Phi) is 5.23. The number of hydrogen-bond acceptors (Lipinski definition) is 4. The highest BCUT2D eigenvalue weighted by Gasteiger charge is 2.18. The minimum atomic E-state index is -0.0249. The molecule has 0 fully saturated rings. The number of carbonyl (C=O) groups is 1. The summed E-state index contributed by atoms with van der Waals surface area (Å²) in [7, 11) is 0. The number of para-hydroxylation sites is 1. The lowest BCUT2D eigenvalue weighted by Gasteiger charge is -2.10. The van der Waals surface area contributed by atoms with Crippen LogP contribution in [0.5, 0.6) is 0 Å². The molecule has 0 saturated carbocycles. The normalized spacial score (nSPS) is 11.0. The first-order valence-corrected chi connectivity index (χ1v) is 9.59. The minimum absolute atomic E-state index is 0.0249. The molecule has 0 aliphatic carbocycles. The predicted molar refractivity (Wildman–Crippen MR) is 106 cm³/mol. The van der Waals surface area contributed by atoms with E-state index >= 15 is 0 Å². The van der Waals surface area contributed by atoms with Gasteiger partial charge in [-0.15, -0.1) is 0 Å². The molecule has 5 nitrogen and oxygen atoms in total. The highest BCUT2D eigenvalue weighted by molar-refractivity contribution is 7.14. The van der Waals surface area contributed by atoms with Crippen LogP contribution in [0.3, 0.4) is 0 Å². The molecule has 0 aliphatic rings. The molecule has 6 heteroatoms. The monoisotopic (exact) mass is 368 g/mol. The van der Waals surface area contributed by atoms with Crippen LogP contribution in [0.4, 0.5) is 5.69 Å². The van der Waals surface area contributed by atoms with Crippen molar-refractivity contribution in [3.63, 3.8) is 0 Å². The summed E-state index contributed by atoms with van der Waals surface area (Å²) in [5.74, 6) is -0.0249. The third-order valence-corrected chi connectivity index (χ3v) is 5.70. The van der Waals surface area contributed by atoms with E-state index in [1.54, 1.807) is 11.3 Å². The summed E-state index contributed by atoms with van der Waals surface area (Å²) < 4.78 is 1.85. The zero-order chi connectivity index (χ0) is 18.8. The Morgan fingerprint density at radius 1 is 1.15 bits per heavy atom. The number of rotatable bonds is 5. The molecule has 0 aliphatic heterocycles. The van der Waals surface area contributed by atoms with E-state index in [1.165, 1.54) is 4.88 Å². The van der Waals surface area contributed by atoms with E-state index < -0.39 is 0 Å². The summed E-state index contributed by atoms with van der Waals surface area (Å²) in [5.41, 5.74) is 5.84. The first-order valence-electron chi connectivity index (χ1n) is 8.78. The van der Waals surface area contributed by atoms with E-state index in [4.69, 9.17) is 0 Å². The average molecular weight is 369 g/mol. The maximum absolute atomic E-state index is 12.6. The van der Waals surface area contributed by atoms with Crippen LogP contribution in [0, 0.1) is 27.7 Å². The first kappa shape index (κ1) is 18.3. The zero-order valence-electron chi connectivity index (χ0n) is 15.9. The topological polar surface area (TPSA) is 59.8 Å². The van der Waals surface area contributed by atoms with Gasteiger partial charge in [-0.05, 0) is 45.7 Å². The summed E-state index contributed by atoms with van der Waals surface area (Å²) in [5, 5.41) is 8.50. The van der Waals surface area contributed by atoms with E-state index in [9.17, 15) is 4.79 Å². The van der Waals surface area contributed by atoms with Crippen molar-refractivity contribution >= 4 is 22.9 Å². The third-order valence-electron chi connectivity index (χ3n) is 4.65. The van der Waals surface area contributed by atoms with Crippen molar-refractivity contribution in [2.45, 2.75) is 47.5 Å². The Hall–Kier alpha value is -2.47. The molecule has 0 unspecified atom stereocenters. The summed E-state index contributed by atoms with van der Waals surface area (Å²) in [6.45, 7) is 10.1. The lowest BCUT2D eigenvalue weighted by molar-refractivity contribution is -0.115. The molecule has 0 bridgehead atoms. The van der Waals surface area contributed by atoms with E-state index in [0.29, 0.717) is 6.42 Å². The van der Waals surface area contributed by atoms with Gasteiger partial charge in [0.15, 0.2) is 0 Å². The maximum Gasteiger partial charge on any atom is 0.228 e. The fourth-order valence-electron chi connectivity index (χ4n) is 2.97. The summed E-state index contributed by atoms with van der Waals surface area (Å²) in [4.78, 5) is 18.4. The van der Waals surface area contributed by atoms with Gasteiger partial charge in [0.1, 0.15) is 0 Å². The molecule has 1 amide bonds. The van der Waals surface area contributed by atoms with Crippen LogP contribution in [0.1, 0.15) is 40.0 Å². The second-order valence-electron chi connectivity index (χ2n) is 6.43. The molecular formula is C20H24N4OS. The van der Waals surface area contributed by atoms with E-state index in [2.05, 4.69) is 29.2 Å². The van der Waals surface area contributed by atoms with Crippen LogP contribution in [-0.2, 0) is 17.6 Å². The standard InChI is InChI=1S/C20H24N4OS/c1-6-16-9-7-8-10-18(16)22-19(25)11-17-13(3)23-24(14(17)4)20-21-12(2)15(5)26-20/h7-10H,6,11H2,1-5H3,(H,22,25). The molecule has 2 aromatic heterocycles. The summed E-state index contributed by atoms with van der Waals surface area (Å²) >= 11 is 1.62. The Balaban J connectivity index is 1.83. The molecule has 1 aromatic carbocycles. The molecule has 3 rings (SSSR count). The quantitative estimate of drug-likeness (QED) is 0.730. The number of thiazole rings is 1. The highest BCUT2D eigenvalue weighted by atomic mass is 32.1. The SMILES string of the molecule is CCc1ccccc1NC(=O)Cc1c(C)nn(-c2nc(C)c(C)s2)c1C. The van der Waals surface area contributed by atoms with E-state index in [0.717, 1.165) is 45.4 Å². The molecule has 26 heavy (non-hydrogen) atoms. The van der Waals surface area contributed by atoms with Crippen molar-refractivity contribution in [3.8, 4) is 5.13 Å². The van der Waals surface area contributed by atoms with Crippen molar-refractivity contribution in [2.24, 2.45) is 0 Å². The van der Waals surface area contributed by atoms with Crippen molar-refractivity contribution in [2.75, 3.05) is 5.32 Å².